The maximum Gasteiger partial charge on any atom is 0.338 e. The molecule has 0 aromatic heterocycles. The fourth-order valence-corrected chi connectivity index (χ4v) is 2.34. The highest BCUT2D eigenvalue weighted by molar-refractivity contribution is 9.09. The molecular weight excluding hydrogens is 284 g/mol. The fraction of sp³-hybridized carbons (Fsp3) is 0.462. The maximum absolute atomic E-state index is 11.9. The Morgan fingerprint density at radius 2 is 2.18 bits per heavy atom. The van der Waals surface area contributed by atoms with Gasteiger partial charge in [-0.3, -0.25) is 0 Å². The molecule has 0 N–H and O–H groups in total. The van der Waals surface area contributed by atoms with Crippen LogP contribution in [0.1, 0.15) is 23.7 Å². The number of hydrogen-bond acceptors (Lipinski definition) is 3. The van der Waals surface area contributed by atoms with Crippen LogP contribution in [0, 0.1) is 0 Å². The molecule has 1 aliphatic rings. The molecule has 92 valence electrons. The van der Waals surface area contributed by atoms with Crippen molar-refractivity contribution < 1.29 is 14.3 Å². The van der Waals surface area contributed by atoms with Crippen LogP contribution in [0.2, 0.25) is 0 Å². The maximum atomic E-state index is 11.9. The third-order valence-electron chi connectivity index (χ3n) is 2.87. The normalized spacial score (nSPS) is 28.0. The number of ether oxygens (including phenoxy) is 2. The predicted molar refractivity (Wildman–Crippen MR) is 68.4 cm³/mol. The quantitative estimate of drug-likeness (QED) is 0.636. The molecule has 0 spiro atoms. The summed E-state index contributed by atoms with van der Waals surface area (Å²) in [4.78, 5) is 11.9. The number of halogens is 1. The Morgan fingerprint density at radius 1 is 1.47 bits per heavy atom. The molecule has 0 unspecified atom stereocenters. The van der Waals surface area contributed by atoms with Crippen molar-refractivity contribution in [2.24, 2.45) is 0 Å². The van der Waals surface area contributed by atoms with Gasteiger partial charge >= 0.3 is 5.97 Å². The van der Waals surface area contributed by atoms with Crippen molar-refractivity contribution in [3.05, 3.63) is 35.9 Å². The Hall–Kier alpha value is -0.870. The summed E-state index contributed by atoms with van der Waals surface area (Å²) >= 11 is 3.38. The fourth-order valence-electron chi connectivity index (χ4n) is 1.92. The largest absolute Gasteiger partial charge is 0.456 e. The lowest BCUT2D eigenvalue weighted by Crippen LogP contribution is -2.24. The SMILES string of the molecule is C[C@H]1O[C@@H](CBr)C[C@H]1OC(=O)c1ccccc1. The van der Waals surface area contributed by atoms with Gasteiger partial charge in [-0.25, -0.2) is 4.79 Å². The minimum Gasteiger partial charge on any atom is -0.456 e. The van der Waals surface area contributed by atoms with Crippen molar-refractivity contribution >= 4 is 21.9 Å². The molecule has 0 radical (unpaired) electrons. The van der Waals surface area contributed by atoms with Crippen molar-refractivity contribution in [3.63, 3.8) is 0 Å². The number of esters is 1. The Kier molecular flexibility index (Phi) is 4.18. The number of alkyl halides is 1. The Balaban J connectivity index is 1.96. The van der Waals surface area contributed by atoms with E-state index in [9.17, 15) is 4.79 Å². The van der Waals surface area contributed by atoms with Gasteiger partial charge in [-0.1, -0.05) is 34.1 Å². The van der Waals surface area contributed by atoms with Gasteiger partial charge in [-0.2, -0.15) is 0 Å². The van der Waals surface area contributed by atoms with Gasteiger partial charge in [-0.15, -0.1) is 0 Å². The van der Waals surface area contributed by atoms with Gasteiger partial charge in [0.2, 0.25) is 0 Å². The molecule has 4 heteroatoms. The zero-order valence-corrected chi connectivity index (χ0v) is 11.2. The van der Waals surface area contributed by atoms with Crippen LogP contribution in [0.25, 0.3) is 0 Å². The van der Waals surface area contributed by atoms with E-state index in [1.54, 1.807) is 12.1 Å². The minimum absolute atomic E-state index is 0.0368. The van der Waals surface area contributed by atoms with Crippen LogP contribution in [-0.2, 0) is 9.47 Å². The summed E-state index contributed by atoms with van der Waals surface area (Å²) in [6.07, 6.45) is 0.708. The summed E-state index contributed by atoms with van der Waals surface area (Å²) in [5.74, 6) is -0.277. The van der Waals surface area contributed by atoms with Gasteiger partial charge in [-0.05, 0) is 19.1 Å². The van der Waals surface area contributed by atoms with E-state index in [0.717, 1.165) is 11.8 Å². The number of carbonyl (C=O) groups is 1. The van der Waals surface area contributed by atoms with Crippen molar-refractivity contribution in [1.29, 1.82) is 0 Å². The summed E-state index contributed by atoms with van der Waals surface area (Å²) in [6, 6.07) is 9.04. The van der Waals surface area contributed by atoms with E-state index >= 15 is 0 Å². The molecule has 2 rings (SSSR count). The Bertz CT molecular complexity index is 380. The topological polar surface area (TPSA) is 35.5 Å². The third kappa shape index (κ3) is 3.07. The Morgan fingerprint density at radius 3 is 2.76 bits per heavy atom. The second kappa shape index (κ2) is 5.65. The molecule has 1 aliphatic heterocycles. The highest BCUT2D eigenvalue weighted by atomic mass is 79.9. The lowest BCUT2D eigenvalue weighted by Gasteiger charge is -2.14. The zero-order chi connectivity index (χ0) is 12.3. The highest BCUT2D eigenvalue weighted by Crippen LogP contribution is 2.25. The molecule has 3 atom stereocenters. The van der Waals surface area contributed by atoms with E-state index in [2.05, 4.69) is 15.9 Å². The molecule has 1 aromatic rings. The van der Waals surface area contributed by atoms with Crippen LogP contribution in [0.4, 0.5) is 0 Å². The summed E-state index contributed by atoms with van der Waals surface area (Å²) in [6.45, 7) is 1.94. The van der Waals surface area contributed by atoms with Gasteiger partial charge in [0.25, 0.3) is 0 Å². The molecule has 3 nitrogen and oxygen atoms in total. The van der Waals surface area contributed by atoms with E-state index in [4.69, 9.17) is 9.47 Å². The van der Waals surface area contributed by atoms with E-state index in [0.29, 0.717) is 5.56 Å². The van der Waals surface area contributed by atoms with Crippen molar-refractivity contribution in [1.82, 2.24) is 0 Å². The van der Waals surface area contributed by atoms with Crippen LogP contribution in [0.15, 0.2) is 30.3 Å². The van der Waals surface area contributed by atoms with Gasteiger partial charge in [0.15, 0.2) is 0 Å². The van der Waals surface area contributed by atoms with Crippen LogP contribution in [0.3, 0.4) is 0 Å². The van der Waals surface area contributed by atoms with E-state index in [-0.39, 0.29) is 24.3 Å². The molecular formula is C13H15BrO3. The number of hydrogen-bond donors (Lipinski definition) is 0. The van der Waals surface area contributed by atoms with Crippen molar-refractivity contribution in [2.75, 3.05) is 5.33 Å². The van der Waals surface area contributed by atoms with Gasteiger partial charge in [0.1, 0.15) is 6.10 Å². The van der Waals surface area contributed by atoms with Crippen LogP contribution < -0.4 is 0 Å². The predicted octanol–water partition coefficient (Wildman–Crippen LogP) is 2.78. The molecule has 0 bridgehead atoms. The second-order valence-corrected chi connectivity index (χ2v) is 4.81. The highest BCUT2D eigenvalue weighted by Gasteiger charge is 2.34. The zero-order valence-electron chi connectivity index (χ0n) is 9.64. The van der Waals surface area contributed by atoms with Crippen LogP contribution in [-0.4, -0.2) is 29.6 Å². The van der Waals surface area contributed by atoms with Crippen molar-refractivity contribution in [2.45, 2.75) is 31.7 Å². The molecule has 0 aliphatic carbocycles. The molecule has 17 heavy (non-hydrogen) atoms. The first-order chi connectivity index (χ1) is 8.20. The molecule has 1 fully saturated rings. The number of benzene rings is 1. The smallest absolute Gasteiger partial charge is 0.338 e. The molecule has 0 amide bonds. The van der Waals surface area contributed by atoms with Gasteiger partial charge in [0, 0.05) is 11.8 Å². The molecule has 1 aromatic carbocycles. The standard InChI is InChI=1S/C13H15BrO3/c1-9-12(7-11(8-14)16-9)17-13(15)10-5-3-2-4-6-10/h2-6,9,11-12H,7-8H2,1H3/t9-,11-,12-/m1/s1. The monoisotopic (exact) mass is 298 g/mol. The number of rotatable bonds is 3. The van der Waals surface area contributed by atoms with Gasteiger partial charge < -0.3 is 9.47 Å². The summed E-state index contributed by atoms with van der Waals surface area (Å²) in [7, 11) is 0. The second-order valence-electron chi connectivity index (χ2n) is 4.16. The van der Waals surface area contributed by atoms with E-state index in [1.807, 2.05) is 25.1 Å². The summed E-state index contributed by atoms with van der Waals surface area (Å²) in [5, 5.41) is 0.775. The lowest BCUT2D eigenvalue weighted by molar-refractivity contribution is -0.000699. The van der Waals surface area contributed by atoms with E-state index in [1.165, 1.54) is 0 Å². The lowest BCUT2D eigenvalue weighted by atomic mass is 10.1. The Labute approximate surface area is 109 Å². The van der Waals surface area contributed by atoms with E-state index < -0.39 is 0 Å². The molecule has 1 heterocycles. The van der Waals surface area contributed by atoms with Gasteiger partial charge in [0.05, 0.1) is 17.8 Å². The average molecular weight is 299 g/mol. The first-order valence-electron chi connectivity index (χ1n) is 5.68. The number of carbonyl (C=O) groups excluding carboxylic acids is 1. The molecule has 0 saturated carbocycles. The third-order valence-corrected chi connectivity index (χ3v) is 3.59. The van der Waals surface area contributed by atoms with Crippen LogP contribution in [0.5, 0.6) is 0 Å². The summed E-state index contributed by atoms with van der Waals surface area (Å²) < 4.78 is 11.1. The average Bonchev–Trinajstić information content (AvgIpc) is 2.71. The first kappa shape index (κ1) is 12.6. The first-order valence-corrected chi connectivity index (χ1v) is 6.80. The van der Waals surface area contributed by atoms with Crippen LogP contribution >= 0.6 is 15.9 Å². The molecule has 1 saturated heterocycles. The summed E-state index contributed by atoms with van der Waals surface area (Å²) in [5.41, 5.74) is 0.585. The minimum atomic E-state index is -0.277. The van der Waals surface area contributed by atoms with Crippen molar-refractivity contribution in [3.8, 4) is 0 Å².